The summed E-state index contributed by atoms with van der Waals surface area (Å²) >= 11 is 0. The number of rotatable bonds is 5. The fraction of sp³-hybridized carbons (Fsp3) is 0.857. The summed E-state index contributed by atoms with van der Waals surface area (Å²) in [7, 11) is 0. The fourth-order valence-electron chi connectivity index (χ4n) is 3.03. The van der Waals surface area contributed by atoms with Crippen molar-refractivity contribution in [3.8, 4) is 0 Å². The van der Waals surface area contributed by atoms with Gasteiger partial charge in [0.1, 0.15) is 0 Å². The van der Waals surface area contributed by atoms with Crippen LogP contribution >= 0.6 is 0 Å². The average molecular weight is 298 g/mol. The van der Waals surface area contributed by atoms with E-state index in [1.54, 1.807) is 0 Å². The minimum Gasteiger partial charge on any atom is -0.368 e. The number of hydroxylamine groups is 2. The molecule has 2 heterocycles. The van der Waals surface area contributed by atoms with Gasteiger partial charge in [-0.2, -0.15) is 0 Å². The van der Waals surface area contributed by atoms with Gasteiger partial charge in [-0.15, -0.1) is 0 Å². The summed E-state index contributed by atoms with van der Waals surface area (Å²) in [5.74, 6) is -0.565. The van der Waals surface area contributed by atoms with E-state index in [-0.39, 0.29) is 18.7 Å². The summed E-state index contributed by atoms with van der Waals surface area (Å²) in [6.07, 6.45) is 2.84. The number of urea groups is 1. The molecule has 0 saturated carbocycles. The molecule has 0 unspecified atom stereocenters. The van der Waals surface area contributed by atoms with E-state index >= 15 is 0 Å². The highest BCUT2D eigenvalue weighted by Crippen LogP contribution is 2.22. The molecule has 21 heavy (non-hydrogen) atoms. The number of hydrogen-bond donors (Lipinski definition) is 1. The van der Waals surface area contributed by atoms with Crippen molar-refractivity contribution in [3.05, 3.63) is 0 Å². The third kappa shape index (κ3) is 4.07. The minimum absolute atomic E-state index is 0.134. The number of primary amides is 1. The van der Waals surface area contributed by atoms with Crippen LogP contribution in [0.4, 0.5) is 4.79 Å². The second-order valence-corrected chi connectivity index (χ2v) is 6.03. The van der Waals surface area contributed by atoms with Crippen molar-refractivity contribution in [2.75, 3.05) is 32.8 Å². The Kier molecular flexibility index (Phi) is 5.41. The predicted molar refractivity (Wildman–Crippen MR) is 78.3 cm³/mol. The predicted octanol–water partition coefficient (Wildman–Crippen LogP) is 0.404. The van der Waals surface area contributed by atoms with Gasteiger partial charge in [-0.3, -0.25) is 9.63 Å². The molecule has 0 aromatic rings. The molecule has 2 aliphatic heterocycles. The highest BCUT2D eigenvalue weighted by atomic mass is 16.7. The van der Waals surface area contributed by atoms with E-state index in [2.05, 4.69) is 18.7 Å². The number of nitrogens with zero attached hydrogens (tertiary/aromatic N) is 3. The molecule has 0 bridgehead atoms. The first kappa shape index (κ1) is 16.0. The van der Waals surface area contributed by atoms with Gasteiger partial charge in [-0.05, 0) is 33.1 Å². The molecule has 0 aromatic carbocycles. The number of carbonyl (C=O) groups is 2. The van der Waals surface area contributed by atoms with E-state index in [4.69, 9.17) is 10.6 Å². The Labute approximate surface area is 125 Å². The van der Waals surface area contributed by atoms with Crippen LogP contribution in [0.25, 0.3) is 0 Å². The summed E-state index contributed by atoms with van der Waals surface area (Å²) in [4.78, 5) is 32.7. The summed E-state index contributed by atoms with van der Waals surface area (Å²) < 4.78 is 0. The molecular formula is C14H26N4O3. The summed E-state index contributed by atoms with van der Waals surface area (Å²) in [6.45, 7) is 7.49. The first-order chi connectivity index (χ1) is 9.99. The third-order valence-electron chi connectivity index (χ3n) is 4.25. The molecule has 2 N–H and O–H groups in total. The van der Waals surface area contributed by atoms with Crippen molar-refractivity contribution in [2.24, 2.45) is 5.73 Å². The number of amides is 3. The van der Waals surface area contributed by atoms with Crippen molar-refractivity contribution in [2.45, 2.75) is 45.2 Å². The second kappa shape index (κ2) is 7.09. The number of likely N-dealkylation sites (tertiary alicyclic amines) is 1. The topological polar surface area (TPSA) is 79.1 Å². The first-order valence-electron chi connectivity index (χ1n) is 7.72. The zero-order valence-electron chi connectivity index (χ0n) is 13.0. The Morgan fingerprint density at radius 1 is 1.29 bits per heavy atom. The van der Waals surface area contributed by atoms with Crippen molar-refractivity contribution >= 4 is 11.9 Å². The van der Waals surface area contributed by atoms with Crippen molar-refractivity contribution in [3.63, 3.8) is 0 Å². The quantitative estimate of drug-likeness (QED) is 0.797. The minimum atomic E-state index is -0.565. The largest absolute Gasteiger partial charge is 0.368 e. The SMILES string of the molecule is CC(C)N1CCC(N2CCCN(OCC(N)=O)C2=O)CC1. The van der Waals surface area contributed by atoms with E-state index in [9.17, 15) is 9.59 Å². The van der Waals surface area contributed by atoms with Crippen molar-refractivity contribution in [1.82, 2.24) is 14.9 Å². The first-order valence-corrected chi connectivity index (χ1v) is 7.72. The maximum absolute atomic E-state index is 12.4. The Morgan fingerprint density at radius 3 is 2.52 bits per heavy atom. The Balaban J connectivity index is 1.88. The average Bonchev–Trinajstić information content (AvgIpc) is 2.46. The van der Waals surface area contributed by atoms with Gasteiger partial charge >= 0.3 is 6.03 Å². The molecule has 120 valence electrons. The molecule has 0 radical (unpaired) electrons. The van der Waals surface area contributed by atoms with Gasteiger partial charge in [0.2, 0.25) is 5.91 Å². The second-order valence-electron chi connectivity index (χ2n) is 6.03. The lowest BCUT2D eigenvalue weighted by molar-refractivity contribution is -0.155. The molecular weight excluding hydrogens is 272 g/mol. The summed E-state index contributed by atoms with van der Waals surface area (Å²) in [5.41, 5.74) is 5.06. The molecule has 2 aliphatic rings. The van der Waals surface area contributed by atoms with Crippen LogP contribution < -0.4 is 5.73 Å². The number of piperidine rings is 1. The molecule has 7 nitrogen and oxygen atoms in total. The van der Waals surface area contributed by atoms with Crippen LogP contribution in [0.2, 0.25) is 0 Å². The summed E-state index contributed by atoms with van der Waals surface area (Å²) in [6, 6.07) is 0.691. The Hall–Kier alpha value is -1.34. The standard InChI is InChI=1S/C14H26N4O3/c1-11(2)16-8-4-12(5-9-16)17-6-3-7-18(14(17)20)21-10-13(15)19/h11-12H,3-10H2,1-2H3,(H2,15,19). The Morgan fingerprint density at radius 2 is 1.95 bits per heavy atom. The van der Waals surface area contributed by atoms with E-state index in [0.29, 0.717) is 12.6 Å². The van der Waals surface area contributed by atoms with Crippen LogP contribution in [0.3, 0.4) is 0 Å². The van der Waals surface area contributed by atoms with Crippen LogP contribution in [0.1, 0.15) is 33.1 Å². The smallest absolute Gasteiger partial charge is 0.344 e. The van der Waals surface area contributed by atoms with Gasteiger partial charge < -0.3 is 15.5 Å². The van der Waals surface area contributed by atoms with Crippen molar-refractivity contribution in [1.29, 1.82) is 0 Å². The lowest BCUT2D eigenvalue weighted by Crippen LogP contribution is -2.56. The molecule has 0 aromatic heterocycles. The highest BCUT2D eigenvalue weighted by Gasteiger charge is 2.34. The van der Waals surface area contributed by atoms with Gasteiger partial charge in [-0.25, -0.2) is 9.86 Å². The molecule has 2 saturated heterocycles. The zero-order valence-corrected chi connectivity index (χ0v) is 13.0. The van der Waals surface area contributed by atoms with Crippen LogP contribution in [0.15, 0.2) is 0 Å². The van der Waals surface area contributed by atoms with Crippen LogP contribution in [0.5, 0.6) is 0 Å². The molecule has 7 heteroatoms. The number of nitrogens with two attached hydrogens (primary N) is 1. The lowest BCUT2D eigenvalue weighted by Gasteiger charge is -2.43. The van der Waals surface area contributed by atoms with Gasteiger partial charge in [-0.1, -0.05) is 0 Å². The van der Waals surface area contributed by atoms with Crippen molar-refractivity contribution < 1.29 is 14.4 Å². The molecule has 3 amide bonds. The molecule has 0 atom stereocenters. The number of carbonyl (C=O) groups excluding carboxylic acids is 2. The zero-order chi connectivity index (χ0) is 15.4. The van der Waals surface area contributed by atoms with Gasteiger partial charge in [0.05, 0.1) is 6.54 Å². The van der Waals surface area contributed by atoms with E-state index in [1.165, 1.54) is 5.06 Å². The molecule has 2 rings (SSSR count). The van der Waals surface area contributed by atoms with E-state index in [1.807, 2.05) is 4.90 Å². The summed E-state index contributed by atoms with van der Waals surface area (Å²) in [5, 5.41) is 1.28. The van der Waals surface area contributed by atoms with Gasteiger partial charge in [0.15, 0.2) is 6.61 Å². The molecule has 0 spiro atoms. The molecule has 0 aliphatic carbocycles. The van der Waals surface area contributed by atoms with Gasteiger partial charge in [0.25, 0.3) is 0 Å². The maximum Gasteiger partial charge on any atom is 0.344 e. The highest BCUT2D eigenvalue weighted by molar-refractivity contribution is 5.76. The molecule has 2 fully saturated rings. The normalized spacial score (nSPS) is 22.1. The van der Waals surface area contributed by atoms with Crippen LogP contribution in [-0.2, 0) is 9.63 Å². The van der Waals surface area contributed by atoms with E-state index in [0.717, 1.165) is 38.9 Å². The van der Waals surface area contributed by atoms with E-state index < -0.39 is 5.91 Å². The number of hydrogen-bond acceptors (Lipinski definition) is 4. The fourth-order valence-corrected chi connectivity index (χ4v) is 3.03. The maximum atomic E-state index is 12.4. The lowest BCUT2D eigenvalue weighted by atomic mass is 10.0. The van der Waals surface area contributed by atoms with Gasteiger partial charge in [0, 0.05) is 31.7 Å². The third-order valence-corrected chi connectivity index (χ3v) is 4.25. The van der Waals surface area contributed by atoms with Crippen LogP contribution in [0, 0.1) is 0 Å². The van der Waals surface area contributed by atoms with Crippen LogP contribution in [-0.4, -0.2) is 71.7 Å². The monoisotopic (exact) mass is 298 g/mol. The Bertz CT molecular complexity index is 380.